The first-order valence-corrected chi connectivity index (χ1v) is 9.73. The standard InChI is InChI=1S/C23H23FN2O3/c1-14-11-15(2)23-18(12-14)19(9-10-28-23)26-21(27)7-8-22-25-13-20(29-22)16-3-5-17(24)6-4-16/h3-6,11-13,19H,7-10H2,1-2H3,(H,26,27). The number of halogens is 1. The monoisotopic (exact) mass is 394 g/mol. The van der Waals surface area contributed by atoms with Gasteiger partial charge in [-0.1, -0.05) is 17.7 Å². The first-order valence-electron chi connectivity index (χ1n) is 9.73. The lowest BCUT2D eigenvalue weighted by molar-refractivity contribution is -0.122. The minimum Gasteiger partial charge on any atom is -0.493 e. The van der Waals surface area contributed by atoms with E-state index in [1.807, 2.05) is 13.8 Å². The second kappa shape index (κ2) is 8.07. The number of fused-ring (bicyclic) bond motifs is 1. The second-order valence-electron chi connectivity index (χ2n) is 7.38. The van der Waals surface area contributed by atoms with Gasteiger partial charge in [-0.05, 0) is 43.7 Å². The summed E-state index contributed by atoms with van der Waals surface area (Å²) in [6, 6.07) is 10.1. The predicted octanol–water partition coefficient (Wildman–Crippen LogP) is 4.67. The molecule has 0 saturated carbocycles. The van der Waals surface area contributed by atoms with E-state index in [2.05, 4.69) is 22.4 Å². The quantitative estimate of drug-likeness (QED) is 0.683. The van der Waals surface area contributed by atoms with Crippen LogP contribution in [0.3, 0.4) is 0 Å². The largest absolute Gasteiger partial charge is 0.493 e. The Labute approximate surface area is 168 Å². The van der Waals surface area contributed by atoms with Crippen molar-refractivity contribution in [2.24, 2.45) is 0 Å². The highest BCUT2D eigenvalue weighted by Crippen LogP contribution is 2.35. The Morgan fingerprint density at radius 3 is 2.83 bits per heavy atom. The molecule has 1 aromatic heterocycles. The van der Waals surface area contributed by atoms with Crippen LogP contribution in [0.2, 0.25) is 0 Å². The van der Waals surface area contributed by atoms with Gasteiger partial charge < -0.3 is 14.5 Å². The topological polar surface area (TPSA) is 64.4 Å². The van der Waals surface area contributed by atoms with Crippen LogP contribution < -0.4 is 10.1 Å². The number of hydrogen-bond donors (Lipinski definition) is 1. The van der Waals surface area contributed by atoms with Gasteiger partial charge in [0, 0.05) is 30.4 Å². The van der Waals surface area contributed by atoms with Crippen molar-refractivity contribution in [3.8, 4) is 17.1 Å². The number of oxazole rings is 1. The number of rotatable bonds is 5. The number of aryl methyl sites for hydroxylation is 3. The molecular weight excluding hydrogens is 371 g/mol. The lowest BCUT2D eigenvalue weighted by Crippen LogP contribution is -2.32. The number of carbonyl (C=O) groups is 1. The molecule has 6 heteroatoms. The molecule has 29 heavy (non-hydrogen) atoms. The maximum absolute atomic E-state index is 13.0. The average Bonchev–Trinajstić information content (AvgIpc) is 3.17. The minimum absolute atomic E-state index is 0.0517. The Bertz CT molecular complexity index is 1030. The molecule has 1 atom stereocenters. The summed E-state index contributed by atoms with van der Waals surface area (Å²) in [4.78, 5) is 16.7. The molecule has 0 radical (unpaired) electrons. The van der Waals surface area contributed by atoms with Crippen LogP contribution in [-0.2, 0) is 11.2 Å². The highest BCUT2D eigenvalue weighted by Gasteiger charge is 2.24. The van der Waals surface area contributed by atoms with Gasteiger partial charge in [0.2, 0.25) is 5.91 Å². The summed E-state index contributed by atoms with van der Waals surface area (Å²) >= 11 is 0. The third-order valence-electron chi connectivity index (χ3n) is 5.06. The molecule has 3 aromatic rings. The molecule has 1 aliphatic heterocycles. The highest BCUT2D eigenvalue weighted by atomic mass is 19.1. The molecule has 0 spiro atoms. The summed E-state index contributed by atoms with van der Waals surface area (Å²) in [7, 11) is 0. The van der Waals surface area contributed by atoms with Gasteiger partial charge in [0.25, 0.3) is 0 Å². The fourth-order valence-corrected chi connectivity index (χ4v) is 3.69. The van der Waals surface area contributed by atoms with Crippen molar-refractivity contribution < 1.29 is 18.3 Å². The number of carbonyl (C=O) groups excluding carboxylic acids is 1. The zero-order valence-electron chi connectivity index (χ0n) is 16.5. The molecule has 1 unspecified atom stereocenters. The summed E-state index contributed by atoms with van der Waals surface area (Å²) in [5, 5.41) is 3.11. The van der Waals surface area contributed by atoms with Crippen molar-refractivity contribution in [3.63, 3.8) is 0 Å². The molecule has 2 aromatic carbocycles. The number of amides is 1. The number of nitrogens with one attached hydrogen (secondary N) is 1. The summed E-state index contributed by atoms with van der Waals surface area (Å²) < 4.78 is 24.6. The van der Waals surface area contributed by atoms with Gasteiger partial charge in [0.15, 0.2) is 11.7 Å². The van der Waals surface area contributed by atoms with Crippen molar-refractivity contribution in [2.45, 2.75) is 39.2 Å². The van der Waals surface area contributed by atoms with Crippen LogP contribution in [0.15, 0.2) is 47.0 Å². The zero-order chi connectivity index (χ0) is 20.4. The van der Waals surface area contributed by atoms with Crippen LogP contribution in [0.25, 0.3) is 11.3 Å². The Kier molecular flexibility index (Phi) is 5.34. The molecule has 0 bridgehead atoms. The van der Waals surface area contributed by atoms with Crippen molar-refractivity contribution in [3.05, 3.63) is 71.0 Å². The lowest BCUT2D eigenvalue weighted by Gasteiger charge is -2.28. The van der Waals surface area contributed by atoms with Crippen LogP contribution in [0.4, 0.5) is 4.39 Å². The van der Waals surface area contributed by atoms with Gasteiger partial charge in [0.1, 0.15) is 11.6 Å². The van der Waals surface area contributed by atoms with Gasteiger partial charge in [-0.2, -0.15) is 0 Å². The van der Waals surface area contributed by atoms with E-state index in [4.69, 9.17) is 9.15 Å². The highest BCUT2D eigenvalue weighted by molar-refractivity contribution is 5.77. The maximum Gasteiger partial charge on any atom is 0.220 e. The van der Waals surface area contributed by atoms with Crippen molar-refractivity contribution >= 4 is 5.91 Å². The molecule has 1 N–H and O–H groups in total. The number of ether oxygens (including phenoxy) is 1. The van der Waals surface area contributed by atoms with Crippen LogP contribution >= 0.6 is 0 Å². The van der Waals surface area contributed by atoms with Crippen LogP contribution in [0, 0.1) is 19.7 Å². The van der Waals surface area contributed by atoms with E-state index in [0.717, 1.165) is 34.4 Å². The fraction of sp³-hybridized carbons (Fsp3) is 0.304. The molecular formula is C23H23FN2O3. The third kappa shape index (κ3) is 4.31. The normalized spacial score (nSPS) is 15.5. The van der Waals surface area contributed by atoms with E-state index < -0.39 is 0 Å². The molecule has 0 saturated heterocycles. The van der Waals surface area contributed by atoms with Crippen molar-refractivity contribution in [2.75, 3.05) is 6.61 Å². The van der Waals surface area contributed by atoms with E-state index in [9.17, 15) is 9.18 Å². The van der Waals surface area contributed by atoms with E-state index in [1.54, 1.807) is 18.3 Å². The van der Waals surface area contributed by atoms with Gasteiger partial charge in [-0.15, -0.1) is 0 Å². The number of hydrogen-bond acceptors (Lipinski definition) is 4. The van der Waals surface area contributed by atoms with E-state index in [-0.39, 0.29) is 24.2 Å². The molecule has 4 rings (SSSR count). The number of aromatic nitrogens is 1. The summed E-state index contributed by atoms with van der Waals surface area (Å²) in [5.41, 5.74) is 4.03. The predicted molar refractivity (Wildman–Crippen MR) is 107 cm³/mol. The minimum atomic E-state index is -0.301. The smallest absolute Gasteiger partial charge is 0.220 e. The molecule has 0 fully saturated rings. The maximum atomic E-state index is 13.0. The van der Waals surface area contributed by atoms with E-state index in [0.29, 0.717) is 24.7 Å². The zero-order valence-corrected chi connectivity index (χ0v) is 16.5. The van der Waals surface area contributed by atoms with Gasteiger partial charge in [-0.25, -0.2) is 9.37 Å². The van der Waals surface area contributed by atoms with Crippen LogP contribution in [0.5, 0.6) is 5.75 Å². The Morgan fingerprint density at radius 2 is 2.03 bits per heavy atom. The van der Waals surface area contributed by atoms with Crippen molar-refractivity contribution in [1.82, 2.24) is 10.3 Å². The third-order valence-corrected chi connectivity index (χ3v) is 5.06. The van der Waals surface area contributed by atoms with Gasteiger partial charge in [-0.3, -0.25) is 4.79 Å². The van der Waals surface area contributed by atoms with Crippen LogP contribution in [0.1, 0.15) is 41.5 Å². The second-order valence-corrected chi connectivity index (χ2v) is 7.38. The van der Waals surface area contributed by atoms with Gasteiger partial charge in [0.05, 0.1) is 18.8 Å². The molecule has 1 amide bonds. The summed E-state index contributed by atoms with van der Waals surface area (Å²) in [5.74, 6) is 1.57. The van der Waals surface area contributed by atoms with Crippen LogP contribution in [-0.4, -0.2) is 17.5 Å². The first kappa shape index (κ1) is 19.2. The lowest BCUT2D eigenvalue weighted by atomic mass is 9.95. The SMILES string of the molecule is Cc1cc(C)c2c(c1)C(NC(=O)CCc1ncc(-c3ccc(F)cc3)o1)CCO2. The Balaban J connectivity index is 1.38. The Morgan fingerprint density at radius 1 is 1.24 bits per heavy atom. The fourth-order valence-electron chi connectivity index (χ4n) is 3.69. The van der Waals surface area contributed by atoms with E-state index in [1.165, 1.54) is 12.1 Å². The molecule has 1 aliphatic rings. The number of benzene rings is 2. The molecule has 150 valence electrons. The molecule has 5 nitrogen and oxygen atoms in total. The Hall–Kier alpha value is -3.15. The average molecular weight is 394 g/mol. The van der Waals surface area contributed by atoms with E-state index >= 15 is 0 Å². The summed E-state index contributed by atoms with van der Waals surface area (Å²) in [6.07, 6.45) is 3.02. The molecule has 2 heterocycles. The van der Waals surface area contributed by atoms with Gasteiger partial charge >= 0.3 is 0 Å². The molecule has 0 aliphatic carbocycles. The van der Waals surface area contributed by atoms with Crippen molar-refractivity contribution in [1.29, 1.82) is 0 Å². The first-order chi connectivity index (χ1) is 14.0. The number of nitrogens with zero attached hydrogens (tertiary/aromatic N) is 1. The summed E-state index contributed by atoms with van der Waals surface area (Å²) in [6.45, 7) is 4.65.